The van der Waals surface area contributed by atoms with Gasteiger partial charge in [-0.25, -0.2) is 13.6 Å². The van der Waals surface area contributed by atoms with Gasteiger partial charge in [0, 0.05) is 49.5 Å². The predicted octanol–water partition coefficient (Wildman–Crippen LogP) is 3.66. The van der Waals surface area contributed by atoms with Gasteiger partial charge in [0.25, 0.3) is 0 Å². The van der Waals surface area contributed by atoms with E-state index in [-0.39, 0.29) is 48.6 Å². The van der Waals surface area contributed by atoms with E-state index in [1.807, 2.05) is 4.90 Å². The lowest BCUT2D eigenvalue weighted by molar-refractivity contribution is 0.0694. The van der Waals surface area contributed by atoms with E-state index < -0.39 is 28.6 Å². The number of anilines is 1. The lowest BCUT2D eigenvalue weighted by Crippen LogP contribution is -2.48. The molecule has 1 aliphatic heterocycles. The standard InChI is InChI=1S/C24H22ClF2N3O4/c1-2-29-12-17(24(33)34)23(32)16-11-18(26)22(20(27)21(16)29)30-9-7-28(8-10-30)13-19(31)14-3-5-15(25)6-4-14/h3-6,11-12H,2,7-10,13H2,1H3,(H,33,34). The number of carbonyl (C=O) groups is 2. The molecular formula is C24H22ClF2N3O4. The summed E-state index contributed by atoms with van der Waals surface area (Å²) in [4.78, 5) is 39.9. The van der Waals surface area contributed by atoms with Crippen LogP contribution in [-0.4, -0.2) is 59.0 Å². The summed E-state index contributed by atoms with van der Waals surface area (Å²) >= 11 is 5.86. The van der Waals surface area contributed by atoms with Crippen molar-refractivity contribution in [1.82, 2.24) is 9.47 Å². The van der Waals surface area contributed by atoms with E-state index in [4.69, 9.17) is 11.6 Å². The van der Waals surface area contributed by atoms with E-state index >= 15 is 8.78 Å². The highest BCUT2D eigenvalue weighted by Crippen LogP contribution is 2.31. The van der Waals surface area contributed by atoms with E-state index in [9.17, 15) is 19.5 Å². The molecule has 0 aliphatic carbocycles. The number of ketones is 1. The first kappa shape index (κ1) is 23.8. The molecule has 2 heterocycles. The first-order chi connectivity index (χ1) is 16.2. The molecule has 1 fully saturated rings. The number of aromatic nitrogens is 1. The minimum absolute atomic E-state index is 0.0746. The molecule has 0 amide bonds. The Balaban J connectivity index is 1.58. The van der Waals surface area contributed by atoms with Crippen molar-refractivity contribution in [3.05, 3.63) is 74.5 Å². The number of pyridine rings is 1. The minimum Gasteiger partial charge on any atom is -0.477 e. The Labute approximate surface area is 198 Å². The number of rotatable bonds is 6. The molecule has 1 aromatic heterocycles. The zero-order valence-corrected chi connectivity index (χ0v) is 19.1. The van der Waals surface area contributed by atoms with Gasteiger partial charge in [-0.2, -0.15) is 0 Å². The van der Waals surface area contributed by atoms with Crippen LogP contribution in [-0.2, 0) is 6.54 Å². The zero-order chi connectivity index (χ0) is 24.6. The molecule has 0 atom stereocenters. The van der Waals surface area contributed by atoms with Crippen LogP contribution in [0, 0.1) is 11.6 Å². The summed E-state index contributed by atoms with van der Waals surface area (Å²) in [6.45, 7) is 3.41. The fourth-order valence-corrected chi connectivity index (χ4v) is 4.35. The van der Waals surface area contributed by atoms with Crippen molar-refractivity contribution >= 4 is 39.9 Å². The zero-order valence-electron chi connectivity index (χ0n) is 18.4. The van der Waals surface area contributed by atoms with Gasteiger partial charge in [-0.3, -0.25) is 14.5 Å². The van der Waals surface area contributed by atoms with Crippen LogP contribution in [0.3, 0.4) is 0 Å². The molecule has 2 aromatic carbocycles. The Kier molecular flexibility index (Phi) is 6.67. The summed E-state index contributed by atoms with van der Waals surface area (Å²) in [7, 11) is 0. The highest BCUT2D eigenvalue weighted by atomic mass is 35.5. The van der Waals surface area contributed by atoms with E-state index in [2.05, 4.69) is 0 Å². The number of Topliss-reactive ketones (excluding diaryl/α,β-unsaturated/α-hetero) is 1. The lowest BCUT2D eigenvalue weighted by Gasteiger charge is -2.36. The van der Waals surface area contributed by atoms with E-state index in [0.717, 1.165) is 12.3 Å². The van der Waals surface area contributed by atoms with Crippen LogP contribution in [0.25, 0.3) is 10.9 Å². The average molecular weight is 490 g/mol. The first-order valence-electron chi connectivity index (χ1n) is 10.8. The molecule has 7 nitrogen and oxygen atoms in total. The SMILES string of the molecule is CCn1cc(C(=O)O)c(=O)c2cc(F)c(N3CCN(CC(=O)c4ccc(Cl)cc4)CC3)c(F)c21. The van der Waals surface area contributed by atoms with Crippen molar-refractivity contribution in [2.75, 3.05) is 37.6 Å². The largest absolute Gasteiger partial charge is 0.477 e. The van der Waals surface area contributed by atoms with Gasteiger partial charge in [0.05, 0.1) is 17.4 Å². The Morgan fingerprint density at radius 3 is 2.32 bits per heavy atom. The van der Waals surface area contributed by atoms with Gasteiger partial charge >= 0.3 is 5.97 Å². The van der Waals surface area contributed by atoms with Gasteiger partial charge < -0.3 is 14.6 Å². The Bertz CT molecular complexity index is 1330. The van der Waals surface area contributed by atoms with Crippen molar-refractivity contribution in [2.45, 2.75) is 13.5 Å². The van der Waals surface area contributed by atoms with E-state index in [1.165, 1.54) is 4.57 Å². The van der Waals surface area contributed by atoms with Crippen molar-refractivity contribution < 1.29 is 23.5 Å². The van der Waals surface area contributed by atoms with Crippen LogP contribution in [0.1, 0.15) is 27.6 Å². The number of halogens is 3. The topological polar surface area (TPSA) is 82.8 Å². The lowest BCUT2D eigenvalue weighted by atomic mass is 10.1. The second-order valence-electron chi connectivity index (χ2n) is 8.07. The molecule has 1 saturated heterocycles. The molecule has 4 rings (SSSR count). The molecule has 0 bridgehead atoms. The summed E-state index contributed by atoms with van der Waals surface area (Å²) < 4.78 is 31.9. The summed E-state index contributed by atoms with van der Waals surface area (Å²) in [5, 5.41) is 9.50. The molecule has 0 radical (unpaired) electrons. The van der Waals surface area contributed by atoms with E-state index in [0.29, 0.717) is 23.7 Å². The fourth-order valence-electron chi connectivity index (χ4n) is 4.23. The molecular weight excluding hydrogens is 468 g/mol. The number of benzene rings is 2. The quantitative estimate of drug-likeness (QED) is 0.532. The van der Waals surface area contributed by atoms with Crippen LogP contribution >= 0.6 is 11.6 Å². The number of piperazine rings is 1. The number of fused-ring (bicyclic) bond motifs is 1. The first-order valence-corrected chi connectivity index (χ1v) is 11.1. The van der Waals surface area contributed by atoms with Crippen molar-refractivity contribution in [3.63, 3.8) is 0 Å². The summed E-state index contributed by atoms with van der Waals surface area (Å²) in [6, 6.07) is 7.51. The monoisotopic (exact) mass is 489 g/mol. The smallest absolute Gasteiger partial charge is 0.341 e. The maximum absolute atomic E-state index is 15.6. The second-order valence-corrected chi connectivity index (χ2v) is 8.51. The van der Waals surface area contributed by atoms with Crippen LogP contribution < -0.4 is 10.3 Å². The third-order valence-corrected chi connectivity index (χ3v) is 6.27. The Morgan fingerprint density at radius 1 is 1.09 bits per heavy atom. The van der Waals surface area contributed by atoms with Crippen LogP contribution in [0.5, 0.6) is 0 Å². The normalized spacial score (nSPS) is 14.5. The number of carboxylic acid groups (broad SMARTS) is 1. The van der Waals surface area contributed by atoms with Crippen molar-refractivity contribution in [1.29, 1.82) is 0 Å². The van der Waals surface area contributed by atoms with Crippen LogP contribution in [0.2, 0.25) is 5.02 Å². The van der Waals surface area contributed by atoms with Crippen LogP contribution in [0.15, 0.2) is 41.3 Å². The van der Waals surface area contributed by atoms with Gasteiger partial charge in [0.2, 0.25) is 5.43 Å². The molecule has 0 saturated carbocycles. The van der Waals surface area contributed by atoms with Gasteiger partial charge in [0.15, 0.2) is 11.6 Å². The summed E-state index contributed by atoms with van der Waals surface area (Å²) in [5.41, 5.74) is -1.33. The number of aryl methyl sites for hydroxylation is 1. The third kappa shape index (κ3) is 4.41. The second kappa shape index (κ2) is 9.52. The maximum Gasteiger partial charge on any atom is 0.341 e. The maximum atomic E-state index is 15.6. The molecule has 10 heteroatoms. The highest BCUT2D eigenvalue weighted by molar-refractivity contribution is 6.30. The molecule has 0 spiro atoms. The van der Waals surface area contributed by atoms with Gasteiger partial charge in [0.1, 0.15) is 17.1 Å². The molecule has 0 unspecified atom stereocenters. The molecule has 3 aromatic rings. The van der Waals surface area contributed by atoms with E-state index in [1.54, 1.807) is 36.1 Å². The third-order valence-electron chi connectivity index (χ3n) is 6.02. The molecule has 178 valence electrons. The highest BCUT2D eigenvalue weighted by Gasteiger charge is 2.27. The minimum atomic E-state index is -1.46. The fraction of sp³-hybridized carbons (Fsp3) is 0.292. The number of hydrogen-bond acceptors (Lipinski definition) is 5. The molecule has 1 N–H and O–H groups in total. The van der Waals surface area contributed by atoms with Crippen molar-refractivity contribution in [3.8, 4) is 0 Å². The summed E-state index contributed by atoms with van der Waals surface area (Å²) in [5.74, 6) is -3.37. The van der Waals surface area contributed by atoms with Gasteiger partial charge in [-0.05, 0) is 37.3 Å². The number of carbonyl (C=O) groups excluding carboxylic acids is 1. The molecule has 1 aliphatic rings. The number of nitrogens with zero attached hydrogens (tertiary/aromatic N) is 3. The number of hydrogen-bond donors (Lipinski definition) is 1. The van der Waals surface area contributed by atoms with Crippen molar-refractivity contribution in [2.24, 2.45) is 0 Å². The average Bonchev–Trinajstić information content (AvgIpc) is 2.81. The number of aromatic carboxylic acids is 1. The predicted molar refractivity (Wildman–Crippen MR) is 125 cm³/mol. The Hall–Kier alpha value is -3.30. The summed E-state index contributed by atoms with van der Waals surface area (Å²) in [6.07, 6.45) is 1.08. The number of carboxylic acids is 1. The Morgan fingerprint density at radius 2 is 1.74 bits per heavy atom. The molecule has 34 heavy (non-hydrogen) atoms. The van der Waals surface area contributed by atoms with Gasteiger partial charge in [-0.1, -0.05) is 11.6 Å². The van der Waals surface area contributed by atoms with Crippen LogP contribution in [0.4, 0.5) is 14.5 Å². The van der Waals surface area contributed by atoms with Gasteiger partial charge in [-0.15, -0.1) is 0 Å².